The Balaban J connectivity index is 1.70. The number of rotatable bonds is 5. The van der Waals surface area contributed by atoms with E-state index in [9.17, 15) is 19.1 Å². The quantitative estimate of drug-likeness (QED) is 0.899. The van der Waals surface area contributed by atoms with Crippen molar-refractivity contribution in [1.29, 1.82) is 0 Å². The van der Waals surface area contributed by atoms with Crippen molar-refractivity contribution in [2.24, 2.45) is 0 Å². The molecule has 0 saturated carbocycles. The fourth-order valence-electron chi connectivity index (χ4n) is 3.46. The molecule has 0 spiro atoms. The number of carboxylic acids is 1. The molecule has 1 heterocycles. The molecule has 1 aliphatic rings. The van der Waals surface area contributed by atoms with E-state index in [1.165, 1.54) is 12.1 Å². The summed E-state index contributed by atoms with van der Waals surface area (Å²) >= 11 is 0. The second kappa shape index (κ2) is 7.47. The normalized spacial score (nSPS) is 16.8. The van der Waals surface area contributed by atoms with Gasteiger partial charge in [-0.05, 0) is 48.6 Å². The minimum atomic E-state index is -0.984. The fourth-order valence-corrected chi connectivity index (χ4v) is 3.46. The van der Waals surface area contributed by atoms with Gasteiger partial charge in [0.25, 0.3) is 0 Å². The molecule has 0 aliphatic carbocycles. The van der Waals surface area contributed by atoms with E-state index in [1.54, 1.807) is 35.2 Å². The van der Waals surface area contributed by atoms with E-state index in [0.29, 0.717) is 18.5 Å². The maximum Gasteiger partial charge on any atom is 0.335 e. The van der Waals surface area contributed by atoms with Gasteiger partial charge in [0, 0.05) is 13.0 Å². The van der Waals surface area contributed by atoms with Crippen molar-refractivity contribution < 1.29 is 19.1 Å². The smallest absolute Gasteiger partial charge is 0.335 e. The third-order valence-electron chi connectivity index (χ3n) is 4.66. The standard InChI is InChI=1S/C20H20FNO3/c21-16-7-3-6-15(13-16)18-9-4-12-22(18)19(23)11-10-14-5-1-2-8-17(14)20(24)25/h1-3,5-8,13,18H,4,9-12H2,(H,24,25). The summed E-state index contributed by atoms with van der Waals surface area (Å²) in [5, 5.41) is 9.23. The number of likely N-dealkylation sites (tertiary alicyclic amines) is 1. The first kappa shape index (κ1) is 17.1. The molecule has 1 N–H and O–H groups in total. The number of carboxylic acid groups (broad SMARTS) is 1. The van der Waals surface area contributed by atoms with Crippen molar-refractivity contribution in [3.8, 4) is 0 Å². The summed E-state index contributed by atoms with van der Waals surface area (Å²) in [5.74, 6) is -1.30. The van der Waals surface area contributed by atoms with Crippen molar-refractivity contribution in [1.82, 2.24) is 4.90 Å². The molecular formula is C20H20FNO3. The zero-order valence-corrected chi connectivity index (χ0v) is 13.8. The highest BCUT2D eigenvalue weighted by atomic mass is 19.1. The van der Waals surface area contributed by atoms with Gasteiger partial charge in [-0.2, -0.15) is 0 Å². The van der Waals surface area contributed by atoms with Crippen molar-refractivity contribution in [3.05, 3.63) is 71.0 Å². The summed E-state index contributed by atoms with van der Waals surface area (Å²) < 4.78 is 13.5. The monoisotopic (exact) mass is 341 g/mol. The Bertz CT molecular complexity index is 790. The third kappa shape index (κ3) is 3.87. The Hall–Kier alpha value is -2.69. The van der Waals surface area contributed by atoms with Gasteiger partial charge in [-0.15, -0.1) is 0 Å². The predicted molar refractivity (Wildman–Crippen MR) is 91.8 cm³/mol. The number of benzene rings is 2. The summed E-state index contributed by atoms with van der Waals surface area (Å²) in [7, 11) is 0. The molecule has 5 heteroatoms. The Morgan fingerprint density at radius 1 is 1.16 bits per heavy atom. The molecule has 0 radical (unpaired) electrons. The van der Waals surface area contributed by atoms with E-state index < -0.39 is 5.97 Å². The number of amides is 1. The molecule has 1 aliphatic heterocycles. The number of aryl methyl sites for hydroxylation is 1. The summed E-state index contributed by atoms with van der Waals surface area (Å²) in [6.45, 7) is 0.653. The summed E-state index contributed by atoms with van der Waals surface area (Å²) in [6.07, 6.45) is 2.34. The molecule has 4 nitrogen and oxygen atoms in total. The second-order valence-corrected chi connectivity index (χ2v) is 6.26. The van der Waals surface area contributed by atoms with Crippen molar-refractivity contribution >= 4 is 11.9 Å². The lowest BCUT2D eigenvalue weighted by Crippen LogP contribution is -2.30. The molecule has 1 amide bonds. The van der Waals surface area contributed by atoms with Gasteiger partial charge in [-0.3, -0.25) is 4.79 Å². The highest BCUT2D eigenvalue weighted by molar-refractivity contribution is 5.89. The first-order chi connectivity index (χ1) is 12.1. The van der Waals surface area contributed by atoms with Gasteiger partial charge in [0.1, 0.15) is 5.82 Å². The van der Waals surface area contributed by atoms with Crippen LogP contribution in [0.1, 0.15) is 46.8 Å². The first-order valence-corrected chi connectivity index (χ1v) is 8.42. The first-order valence-electron chi connectivity index (χ1n) is 8.42. The lowest BCUT2D eigenvalue weighted by atomic mass is 10.0. The highest BCUT2D eigenvalue weighted by Gasteiger charge is 2.29. The number of aromatic carboxylic acids is 1. The molecule has 1 atom stereocenters. The molecule has 0 aromatic heterocycles. The Labute approximate surface area is 145 Å². The zero-order valence-electron chi connectivity index (χ0n) is 13.8. The number of carbonyl (C=O) groups is 2. The fraction of sp³-hybridized carbons (Fsp3) is 0.300. The average Bonchev–Trinajstić information content (AvgIpc) is 3.09. The molecule has 2 aromatic carbocycles. The lowest BCUT2D eigenvalue weighted by molar-refractivity contribution is -0.132. The highest BCUT2D eigenvalue weighted by Crippen LogP contribution is 2.32. The molecule has 1 saturated heterocycles. The topological polar surface area (TPSA) is 57.6 Å². The van der Waals surface area contributed by atoms with Gasteiger partial charge in [0.15, 0.2) is 0 Å². The van der Waals surface area contributed by atoms with Crippen LogP contribution in [0.25, 0.3) is 0 Å². The molecule has 2 aromatic rings. The molecule has 130 valence electrons. The average molecular weight is 341 g/mol. The van der Waals surface area contributed by atoms with Gasteiger partial charge < -0.3 is 10.0 Å². The van der Waals surface area contributed by atoms with E-state index in [-0.39, 0.29) is 29.8 Å². The number of hydrogen-bond donors (Lipinski definition) is 1. The lowest BCUT2D eigenvalue weighted by Gasteiger charge is -2.25. The molecule has 1 fully saturated rings. The van der Waals surface area contributed by atoms with E-state index in [2.05, 4.69) is 0 Å². The van der Waals surface area contributed by atoms with Crippen LogP contribution in [0, 0.1) is 5.82 Å². The van der Waals surface area contributed by atoms with Crippen LogP contribution in [-0.4, -0.2) is 28.4 Å². The van der Waals surface area contributed by atoms with Crippen LogP contribution in [0.3, 0.4) is 0 Å². The number of carbonyl (C=O) groups excluding carboxylic acids is 1. The maximum atomic E-state index is 13.5. The van der Waals surface area contributed by atoms with Crippen LogP contribution in [0.2, 0.25) is 0 Å². The van der Waals surface area contributed by atoms with E-state index >= 15 is 0 Å². The molecule has 0 bridgehead atoms. The van der Waals surface area contributed by atoms with E-state index in [0.717, 1.165) is 18.4 Å². The van der Waals surface area contributed by atoms with E-state index in [1.807, 2.05) is 6.07 Å². The van der Waals surface area contributed by atoms with Gasteiger partial charge in [0.2, 0.25) is 5.91 Å². The number of nitrogens with zero attached hydrogens (tertiary/aromatic N) is 1. The predicted octanol–water partition coefficient (Wildman–Crippen LogP) is 3.82. The third-order valence-corrected chi connectivity index (χ3v) is 4.66. The van der Waals surface area contributed by atoms with Gasteiger partial charge in [-0.1, -0.05) is 30.3 Å². The SMILES string of the molecule is O=C(O)c1ccccc1CCC(=O)N1CCCC1c1cccc(F)c1. The largest absolute Gasteiger partial charge is 0.478 e. The van der Waals surface area contributed by atoms with Crippen LogP contribution in [0.4, 0.5) is 4.39 Å². The van der Waals surface area contributed by atoms with Crippen LogP contribution in [-0.2, 0) is 11.2 Å². The van der Waals surface area contributed by atoms with Crippen molar-refractivity contribution in [2.45, 2.75) is 31.7 Å². The van der Waals surface area contributed by atoms with Crippen molar-refractivity contribution in [3.63, 3.8) is 0 Å². The van der Waals surface area contributed by atoms with Crippen LogP contribution < -0.4 is 0 Å². The van der Waals surface area contributed by atoms with Crippen LogP contribution >= 0.6 is 0 Å². The Kier molecular flexibility index (Phi) is 5.12. The molecular weight excluding hydrogens is 321 g/mol. The van der Waals surface area contributed by atoms with Crippen molar-refractivity contribution in [2.75, 3.05) is 6.54 Å². The Morgan fingerprint density at radius 3 is 2.72 bits per heavy atom. The summed E-state index contributed by atoms with van der Waals surface area (Å²) in [4.78, 5) is 25.7. The summed E-state index contributed by atoms with van der Waals surface area (Å²) in [6, 6.07) is 13.0. The molecule has 3 rings (SSSR count). The van der Waals surface area contributed by atoms with Gasteiger partial charge in [0.05, 0.1) is 11.6 Å². The van der Waals surface area contributed by atoms with Crippen LogP contribution in [0.15, 0.2) is 48.5 Å². The van der Waals surface area contributed by atoms with Gasteiger partial charge in [-0.25, -0.2) is 9.18 Å². The minimum absolute atomic E-state index is 0.0213. The van der Waals surface area contributed by atoms with E-state index in [4.69, 9.17) is 0 Å². The molecule has 25 heavy (non-hydrogen) atoms. The zero-order chi connectivity index (χ0) is 17.8. The van der Waals surface area contributed by atoms with Gasteiger partial charge >= 0.3 is 5.97 Å². The second-order valence-electron chi connectivity index (χ2n) is 6.26. The number of halogens is 1. The maximum absolute atomic E-state index is 13.5. The Morgan fingerprint density at radius 2 is 1.96 bits per heavy atom. The van der Waals surface area contributed by atoms with Crippen LogP contribution in [0.5, 0.6) is 0 Å². The molecule has 1 unspecified atom stereocenters. The minimum Gasteiger partial charge on any atom is -0.478 e. The number of hydrogen-bond acceptors (Lipinski definition) is 2. The summed E-state index contributed by atoms with van der Waals surface area (Å²) in [5.41, 5.74) is 1.71.